The van der Waals surface area contributed by atoms with Crippen LogP contribution in [0.15, 0.2) is 6.07 Å². The van der Waals surface area contributed by atoms with E-state index in [0.29, 0.717) is 5.54 Å². The molecular weight excluding hydrogens is 210 g/mol. The molecule has 1 aliphatic carbocycles. The molecule has 0 radical (unpaired) electrons. The van der Waals surface area contributed by atoms with Crippen LogP contribution in [0.5, 0.6) is 0 Å². The van der Waals surface area contributed by atoms with Gasteiger partial charge >= 0.3 is 0 Å². The van der Waals surface area contributed by atoms with Crippen LogP contribution >= 0.6 is 0 Å². The molecule has 0 amide bonds. The highest BCUT2D eigenvalue weighted by molar-refractivity contribution is 5.17. The monoisotopic (exact) mass is 233 g/mol. The van der Waals surface area contributed by atoms with Crippen molar-refractivity contribution in [3.8, 4) is 0 Å². The Labute approximate surface area is 104 Å². The Hall–Kier alpha value is -0.830. The third kappa shape index (κ3) is 2.01. The van der Waals surface area contributed by atoms with E-state index in [4.69, 9.17) is 0 Å². The van der Waals surface area contributed by atoms with Crippen LogP contribution in [0, 0.1) is 5.92 Å². The predicted octanol–water partition coefficient (Wildman–Crippen LogP) is 2.06. The van der Waals surface area contributed by atoms with Crippen molar-refractivity contribution in [2.75, 3.05) is 6.54 Å². The topological polar surface area (TPSA) is 29.9 Å². The number of aryl methyl sites for hydroxylation is 2. The summed E-state index contributed by atoms with van der Waals surface area (Å²) in [6.45, 7) is 3.38. The van der Waals surface area contributed by atoms with Crippen molar-refractivity contribution in [3.63, 3.8) is 0 Å². The standard InChI is InChI=1S/C14H23N3/c1-3-12-9-13(17(2)16-12)10-14(11-5-6-11)7-4-8-15-14/h9,11,15H,3-8,10H2,1-2H3. The molecule has 1 saturated heterocycles. The quantitative estimate of drug-likeness (QED) is 0.862. The molecule has 2 fully saturated rings. The first-order chi connectivity index (χ1) is 8.23. The van der Waals surface area contributed by atoms with Crippen molar-refractivity contribution in [2.45, 2.75) is 51.0 Å². The lowest BCUT2D eigenvalue weighted by Crippen LogP contribution is -2.44. The minimum absolute atomic E-state index is 0.402. The van der Waals surface area contributed by atoms with Gasteiger partial charge in [-0.1, -0.05) is 6.92 Å². The van der Waals surface area contributed by atoms with E-state index < -0.39 is 0 Å². The number of nitrogens with one attached hydrogen (secondary N) is 1. The number of hydrogen-bond donors (Lipinski definition) is 1. The van der Waals surface area contributed by atoms with Gasteiger partial charge in [-0.05, 0) is 50.6 Å². The normalized spacial score (nSPS) is 28.8. The minimum atomic E-state index is 0.402. The molecule has 17 heavy (non-hydrogen) atoms. The number of hydrogen-bond acceptors (Lipinski definition) is 2. The van der Waals surface area contributed by atoms with Gasteiger partial charge in [0.25, 0.3) is 0 Å². The Bertz CT molecular complexity index is 398. The van der Waals surface area contributed by atoms with Crippen molar-refractivity contribution in [1.29, 1.82) is 0 Å². The summed E-state index contributed by atoms with van der Waals surface area (Å²) in [6, 6.07) is 2.30. The van der Waals surface area contributed by atoms with E-state index >= 15 is 0 Å². The lowest BCUT2D eigenvalue weighted by molar-refractivity contribution is 0.316. The fourth-order valence-electron chi connectivity index (χ4n) is 3.34. The predicted molar refractivity (Wildman–Crippen MR) is 69.0 cm³/mol. The van der Waals surface area contributed by atoms with Crippen molar-refractivity contribution < 1.29 is 0 Å². The van der Waals surface area contributed by atoms with Gasteiger partial charge in [-0.3, -0.25) is 4.68 Å². The molecule has 3 rings (SSSR count). The molecule has 1 atom stereocenters. The average Bonchev–Trinajstić information content (AvgIpc) is 3.00. The van der Waals surface area contributed by atoms with Gasteiger partial charge in [0.2, 0.25) is 0 Å². The van der Waals surface area contributed by atoms with Gasteiger partial charge < -0.3 is 5.32 Å². The molecule has 3 nitrogen and oxygen atoms in total. The van der Waals surface area contributed by atoms with Crippen LogP contribution in [0.3, 0.4) is 0 Å². The van der Waals surface area contributed by atoms with Crippen LogP contribution in [0.2, 0.25) is 0 Å². The van der Waals surface area contributed by atoms with Gasteiger partial charge in [-0.15, -0.1) is 0 Å². The van der Waals surface area contributed by atoms with E-state index in [1.54, 1.807) is 0 Å². The lowest BCUT2D eigenvalue weighted by Gasteiger charge is -2.29. The summed E-state index contributed by atoms with van der Waals surface area (Å²) in [5.41, 5.74) is 3.04. The first kappa shape index (κ1) is 11.3. The minimum Gasteiger partial charge on any atom is -0.311 e. The maximum Gasteiger partial charge on any atom is 0.0624 e. The Balaban J connectivity index is 1.82. The van der Waals surface area contributed by atoms with Gasteiger partial charge in [0.05, 0.1) is 5.69 Å². The average molecular weight is 233 g/mol. The zero-order chi connectivity index (χ0) is 11.9. The molecule has 0 spiro atoms. The first-order valence-corrected chi connectivity index (χ1v) is 7.00. The molecule has 1 N–H and O–H groups in total. The molecule has 0 bridgehead atoms. The summed E-state index contributed by atoms with van der Waals surface area (Å²) < 4.78 is 2.09. The molecule has 94 valence electrons. The molecule has 1 aliphatic heterocycles. The van der Waals surface area contributed by atoms with Crippen molar-refractivity contribution >= 4 is 0 Å². The van der Waals surface area contributed by atoms with Gasteiger partial charge in [0.15, 0.2) is 0 Å². The zero-order valence-corrected chi connectivity index (χ0v) is 11.0. The second-order valence-electron chi connectivity index (χ2n) is 5.74. The first-order valence-electron chi connectivity index (χ1n) is 7.00. The molecule has 1 saturated carbocycles. The highest BCUT2D eigenvalue weighted by atomic mass is 15.3. The molecule has 1 aromatic rings. The second kappa shape index (κ2) is 4.13. The second-order valence-corrected chi connectivity index (χ2v) is 5.74. The maximum atomic E-state index is 4.57. The van der Waals surface area contributed by atoms with E-state index in [-0.39, 0.29) is 0 Å². The summed E-state index contributed by atoms with van der Waals surface area (Å²) in [6.07, 6.45) is 7.75. The number of nitrogens with zero attached hydrogens (tertiary/aromatic N) is 2. The van der Waals surface area contributed by atoms with Crippen LogP contribution in [0.1, 0.15) is 44.0 Å². The molecule has 2 aliphatic rings. The fraction of sp³-hybridized carbons (Fsp3) is 0.786. The number of rotatable bonds is 4. The Morgan fingerprint density at radius 3 is 2.88 bits per heavy atom. The smallest absolute Gasteiger partial charge is 0.0624 e. The van der Waals surface area contributed by atoms with Crippen LogP contribution in [-0.2, 0) is 19.9 Å². The van der Waals surface area contributed by atoms with E-state index in [1.807, 2.05) is 0 Å². The van der Waals surface area contributed by atoms with Crippen molar-refractivity contribution in [1.82, 2.24) is 15.1 Å². The molecular formula is C14H23N3. The summed E-state index contributed by atoms with van der Waals surface area (Å²) >= 11 is 0. The summed E-state index contributed by atoms with van der Waals surface area (Å²) in [7, 11) is 2.09. The van der Waals surface area contributed by atoms with Gasteiger partial charge in [-0.2, -0.15) is 5.10 Å². The SMILES string of the molecule is CCc1cc(CC2(C3CC3)CCCN2)n(C)n1. The van der Waals surface area contributed by atoms with Gasteiger partial charge in [0.1, 0.15) is 0 Å². The van der Waals surface area contributed by atoms with E-state index in [2.05, 4.69) is 35.1 Å². The lowest BCUT2D eigenvalue weighted by atomic mass is 9.86. The molecule has 3 heteroatoms. The maximum absolute atomic E-state index is 4.57. The fourth-order valence-corrected chi connectivity index (χ4v) is 3.34. The van der Waals surface area contributed by atoms with Gasteiger partial charge in [-0.25, -0.2) is 0 Å². The van der Waals surface area contributed by atoms with E-state index in [9.17, 15) is 0 Å². The molecule has 0 aromatic carbocycles. The van der Waals surface area contributed by atoms with Crippen molar-refractivity contribution in [3.05, 3.63) is 17.5 Å². The molecule has 1 unspecified atom stereocenters. The molecule has 2 heterocycles. The Morgan fingerprint density at radius 1 is 1.53 bits per heavy atom. The third-order valence-corrected chi connectivity index (χ3v) is 4.52. The van der Waals surface area contributed by atoms with Crippen LogP contribution < -0.4 is 5.32 Å². The highest BCUT2D eigenvalue weighted by Crippen LogP contribution is 2.45. The zero-order valence-electron chi connectivity index (χ0n) is 11.0. The molecule has 1 aromatic heterocycles. The summed E-state index contributed by atoms with van der Waals surface area (Å²) in [5, 5.41) is 8.36. The largest absolute Gasteiger partial charge is 0.311 e. The van der Waals surface area contributed by atoms with Crippen LogP contribution in [0.25, 0.3) is 0 Å². The summed E-state index contributed by atoms with van der Waals surface area (Å²) in [4.78, 5) is 0. The highest BCUT2D eigenvalue weighted by Gasteiger charge is 2.46. The number of aromatic nitrogens is 2. The van der Waals surface area contributed by atoms with E-state index in [0.717, 1.165) is 12.3 Å². The van der Waals surface area contributed by atoms with Gasteiger partial charge in [0, 0.05) is 24.7 Å². The van der Waals surface area contributed by atoms with E-state index in [1.165, 1.54) is 50.0 Å². The summed E-state index contributed by atoms with van der Waals surface area (Å²) in [5.74, 6) is 0.921. The van der Waals surface area contributed by atoms with Crippen LogP contribution in [-0.4, -0.2) is 21.9 Å². The van der Waals surface area contributed by atoms with Crippen molar-refractivity contribution in [2.24, 2.45) is 13.0 Å². The van der Waals surface area contributed by atoms with Crippen LogP contribution in [0.4, 0.5) is 0 Å². The Kier molecular flexibility index (Phi) is 2.74. The Morgan fingerprint density at radius 2 is 2.35 bits per heavy atom. The third-order valence-electron chi connectivity index (χ3n) is 4.52.